The van der Waals surface area contributed by atoms with Gasteiger partial charge >= 0.3 is 0 Å². The van der Waals surface area contributed by atoms with Crippen LogP contribution >= 0.6 is 0 Å². The molecule has 0 aromatic heterocycles. The summed E-state index contributed by atoms with van der Waals surface area (Å²) in [5, 5.41) is 39.9. The van der Waals surface area contributed by atoms with Crippen LogP contribution in [-0.2, 0) is 6.42 Å². The van der Waals surface area contributed by atoms with Gasteiger partial charge in [-0.25, -0.2) is 0 Å². The van der Waals surface area contributed by atoms with Crippen LogP contribution in [0.2, 0.25) is 0 Å². The van der Waals surface area contributed by atoms with Crippen molar-refractivity contribution >= 4 is 0 Å². The van der Waals surface area contributed by atoms with Crippen molar-refractivity contribution in [3.05, 3.63) is 41.5 Å². The summed E-state index contributed by atoms with van der Waals surface area (Å²) in [6.07, 6.45) is -0.601. The molecule has 2 aromatic carbocycles. The fourth-order valence-electron chi connectivity index (χ4n) is 2.79. The van der Waals surface area contributed by atoms with E-state index in [1.807, 2.05) is 6.92 Å². The highest BCUT2D eigenvalue weighted by Crippen LogP contribution is 2.42. The van der Waals surface area contributed by atoms with Crippen molar-refractivity contribution in [3.8, 4) is 28.7 Å². The SMILES string of the molecule is CCCOc1ccc(C2Oc3cc(O)cc(O)c3CC2O)cc1O. The smallest absolute Gasteiger partial charge is 0.160 e. The summed E-state index contributed by atoms with van der Waals surface area (Å²) < 4.78 is 11.2. The van der Waals surface area contributed by atoms with Gasteiger partial charge in [-0.3, -0.25) is 0 Å². The van der Waals surface area contributed by atoms with Gasteiger partial charge in [0.25, 0.3) is 0 Å². The van der Waals surface area contributed by atoms with Gasteiger partial charge in [0, 0.05) is 24.1 Å². The quantitative estimate of drug-likeness (QED) is 0.687. The Balaban J connectivity index is 1.88. The summed E-state index contributed by atoms with van der Waals surface area (Å²) in [5.74, 6) is 0.428. The van der Waals surface area contributed by atoms with E-state index < -0.39 is 12.2 Å². The Bertz CT molecular complexity index is 743. The Labute approximate surface area is 139 Å². The summed E-state index contributed by atoms with van der Waals surface area (Å²) in [6, 6.07) is 7.44. The van der Waals surface area contributed by atoms with Gasteiger partial charge < -0.3 is 29.9 Å². The van der Waals surface area contributed by atoms with Crippen LogP contribution in [0.1, 0.15) is 30.6 Å². The number of benzene rings is 2. The van der Waals surface area contributed by atoms with Gasteiger partial charge in [-0.05, 0) is 24.1 Å². The largest absolute Gasteiger partial charge is 0.508 e. The summed E-state index contributed by atoms with van der Waals surface area (Å²) in [7, 11) is 0. The van der Waals surface area contributed by atoms with E-state index in [4.69, 9.17) is 9.47 Å². The summed E-state index contributed by atoms with van der Waals surface area (Å²) >= 11 is 0. The number of rotatable bonds is 4. The zero-order valence-corrected chi connectivity index (χ0v) is 13.3. The third-order valence-electron chi connectivity index (χ3n) is 3.96. The first-order valence-corrected chi connectivity index (χ1v) is 7.85. The third-order valence-corrected chi connectivity index (χ3v) is 3.96. The predicted octanol–water partition coefficient (Wildman–Crippen LogP) is 2.63. The maximum Gasteiger partial charge on any atom is 0.160 e. The van der Waals surface area contributed by atoms with Crippen LogP contribution in [-0.4, -0.2) is 33.1 Å². The number of aromatic hydroxyl groups is 3. The van der Waals surface area contributed by atoms with E-state index in [0.29, 0.717) is 29.2 Å². The molecule has 4 N–H and O–H groups in total. The highest BCUT2D eigenvalue weighted by atomic mass is 16.5. The summed E-state index contributed by atoms with van der Waals surface area (Å²) in [4.78, 5) is 0. The topological polar surface area (TPSA) is 99.4 Å². The zero-order chi connectivity index (χ0) is 17.3. The van der Waals surface area contributed by atoms with Gasteiger partial charge in [0.1, 0.15) is 23.4 Å². The van der Waals surface area contributed by atoms with E-state index in [1.54, 1.807) is 12.1 Å². The first-order valence-electron chi connectivity index (χ1n) is 7.85. The van der Waals surface area contributed by atoms with Crippen LogP contribution in [0.3, 0.4) is 0 Å². The Hall–Kier alpha value is -2.60. The van der Waals surface area contributed by atoms with Crippen molar-refractivity contribution < 1.29 is 29.9 Å². The Morgan fingerprint density at radius 1 is 1.12 bits per heavy atom. The van der Waals surface area contributed by atoms with Gasteiger partial charge in [0.2, 0.25) is 0 Å². The van der Waals surface area contributed by atoms with Gasteiger partial charge in [-0.15, -0.1) is 0 Å². The van der Waals surface area contributed by atoms with Crippen molar-refractivity contribution in [1.29, 1.82) is 0 Å². The number of ether oxygens (including phenoxy) is 2. The number of aliphatic hydroxyl groups is 1. The monoisotopic (exact) mass is 332 g/mol. The molecule has 2 unspecified atom stereocenters. The molecule has 2 atom stereocenters. The number of hydrogen-bond donors (Lipinski definition) is 4. The van der Waals surface area contributed by atoms with Crippen molar-refractivity contribution in [1.82, 2.24) is 0 Å². The molecular formula is C18H20O6. The fourth-order valence-corrected chi connectivity index (χ4v) is 2.79. The molecule has 1 aliphatic heterocycles. The molecule has 24 heavy (non-hydrogen) atoms. The maximum atomic E-state index is 10.4. The van der Waals surface area contributed by atoms with Crippen LogP contribution in [0.5, 0.6) is 28.7 Å². The molecule has 0 aliphatic carbocycles. The third kappa shape index (κ3) is 3.05. The molecular weight excluding hydrogens is 312 g/mol. The molecule has 2 aromatic rings. The van der Waals surface area contributed by atoms with Crippen LogP contribution < -0.4 is 9.47 Å². The second-order valence-corrected chi connectivity index (χ2v) is 5.83. The van der Waals surface area contributed by atoms with E-state index in [-0.39, 0.29) is 23.7 Å². The average Bonchev–Trinajstić information content (AvgIpc) is 2.54. The van der Waals surface area contributed by atoms with E-state index in [0.717, 1.165) is 6.42 Å². The van der Waals surface area contributed by atoms with Crippen LogP contribution in [0, 0.1) is 0 Å². The van der Waals surface area contributed by atoms with E-state index >= 15 is 0 Å². The lowest BCUT2D eigenvalue weighted by molar-refractivity contribution is 0.0197. The number of hydrogen-bond acceptors (Lipinski definition) is 6. The number of aliphatic hydroxyl groups excluding tert-OH is 1. The number of fused-ring (bicyclic) bond motifs is 1. The maximum absolute atomic E-state index is 10.4. The minimum Gasteiger partial charge on any atom is -0.508 e. The molecule has 6 nitrogen and oxygen atoms in total. The fraction of sp³-hybridized carbons (Fsp3) is 0.333. The number of phenolic OH excluding ortho intramolecular Hbond substituents is 3. The molecule has 0 radical (unpaired) electrons. The minimum absolute atomic E-state index is 0.0266. The van der Waals surface area contributed by atoms with E-state index in [2.05, 4.69) is 0 Å². The average molecular weight is 332 g/mol. The molecule has 1 heterocycles. The molecule has 0 amide bonds. The van der Waals surface area contributed by atoms with Crippen molar-refractivity contribution in [2.75, 3.05) is 6.61 Å². The van der Waals surface area contributed by atoms with Gasteiger partial charge in [-0.2, -0.15) is 0 Å². The second-order valence-electron chi connectivity index (χ2n) is 5.83. The second kappa shape index (κ2) is 6.49. The molecule has 0 spiro atoms. The molecule has 1 aliphatic rings. The number of phenols is 3. The van der Waals surface area contributed by atoms with Crippen LogP contribution in [0.15, 0.2) is 30.3 Å². The standard InChI is InChI=1S/C18H20O6/c1-2-5-23-16-4-3-10(6-14(16)21)18-15(22)9-12-13(20)7-11(19)8-17(12)24-18/h3-4,6-8,15,18-22H,2,5,9H2,1H3. The Morgan fingerprint density at radius 2 is 1.92 bits per heavy atom. The summed E-state index contributed by atoms with van der Waals surface area (Å²) in [5.41, 5.74) is 1.03. The van der Waals surface area contributed by atoms with Crippen LogP contribution in [0.25, 0.3) is 0 Å². The van der Waals surface area contributed by atoms with Crippen molar-refractivity contribution in [2.45, 2.75) is 32.0 Å². The highest BCUT2D eigenvalue weighted by molar-refractivity contribution is 5.52. The van der Waals surface area contributed by atoms with Crippen LogP contribution in [0.4, 0.5) is 0 Å². The Kier molecular flexibility index (Phi) is 4.40. The Morgan fingerprint density at radius 3 is 2.62 bits per heavy atom. The van der Waals surface area contributed by atoms with E-state index in [9.17, 15) is 20.4 Å². The lowest BCUT2D eigenvalue weighted by Crippen LogP contribution is -2.30. The molecule has 6 heteroatoms. The molecule has 0 saturated heterocycles. The highest BCUT2D eigenvalue weighted by Gasteiger charge is 2.32. The lowest BCUT2D eigenvalue weighted by atomic mass is 9.94. The molecule has 0 bridgehead atoms. The van der Waals surface area contributed by atoms with Gasteiger partial charge in [0.15, 0.2) is 11.5 Å². The summed E-state index contributed by atoms with van der Waals surface area (Å²) in [6.45, 7) is 2.47. The van der Waals surface area contributed by atoms with Crippen molar-refractivity contribution in [2.24, 2.45) is 0 Å². The first kappa shape index (κ1) is 16.3. The minimum atomic E-state index is -0.894. The molecule has 0 fully saturated rings. The van der Waals surface area contributed by atoms with Gasteiger partial charge in [0.05, 0.1) is 12.7 Å². The predicted molar refractivity (Wildman–Crippen MR) is 86.7 cm³/mol. The van der Waals surface area contributed by atoms with Crippen molar-refractivity contribution in [3.63, 3.8) is 0 Å². The van der Waals surface area contributed by atoms with Gasteiger partial charge in [-0.1, -0.05) is 13.0 Å². The lowest BCUT2D eigenvalue weighted by Gasteiger charge is -2.31. The van der Waals surface area contributed by atoms with E-state index in [1.165, 1.54) is 18.2 Å². The molecule has 0 saturated carbocycles. The zero-order valence-electron chi connectivity index (χ0n) is 13.3. The molecule has 3 rings (SSSR count). The normalized spacial score (nSPS) is 19.4. The first-order chi connectivity index (χ1) is 11.5. The molecule has 128 valence electrons.